The van der Waals surface area contributed by atoms with E-state index < -0.39 is 0 Å². The smallest absolute Gasteiger partial charge is 0.315 e. The summed E-state index contributed by atoms with van der Waals surface area (Å²) in [6.07, 6.45) is 4.94. The van der Waals surface area contributed by atoms with Crippen LogP contribution < -0.4 is 20.7 Å². The van der Waals surface area contributed by atoms with Crippen LogP contribution in [0.3, 0.4) is 0 Å². The first kappa shape index (κ1) is 22.2. The first-order valence-corrected chi connectivity index (χ1v) is 11.4. The Bertz CT molecular complexity index is 915. The number of ether oxygens (including phenoxy) is 1. The largest absolute Gasteiger partial charge is 0.497 e. The quantitative estimate of drug-likeness (QED) is 0.592. The van der Waals surface area contributed by atoms with E-state index in [1.54, 1.807) is 14.2 Å². The van der Waals surface area contributed by atoms with Crippen LogP contribution in [0.2, 0.25) is 0 Å². The van der Waals surface area contributed by atoms with E-state index in [1.165, 1.54) is 5.56 Å². The first-order valence-electron chi connectivity index (χ1n) is 11.4. The summed E-state index contributed by atoms with van der Waals surface area (Å²) in [7, 11) is 3.36. The lowest BCUT2D eigenvalue weighted by Crippen LogP contribution is -2.59. The molecular weight excluding hydrogens is 402 g/mol. The summed E-state index contributed by atoms with van der Waals surface area (Å²) in [6.45, 7) is 0.489. The number of rotatable bonds is 8. The maximum atomic E-state index is 12.5. The van der Waals surface area contributed by atoms with Crippen LogP contribution in [0, 0.1) is 17.3 Å². The summed E-state index contributed by atoms with van der Waals surface area (Å²) >= 11 is 0. The van der Waals surface area contributed by atoms with Crippen LogP contribution in [-0.4, -0.2) is 32.1 Å². The van der Waals surface area contributed by atoms with Crippen LogP contribution in [0.5, 0.6) is 5.75 Å². The molecule has 0 radical (unpaired) electrons. The highest BCUT2D eigenvalue weighted by Gasteiger charge is 2.55. The molecule has 0 aliphatic heterocycles. The molecule has 6 heteroatoms. The number of methoxy groups -OCH3 is 1. The van der Waals surface area contributed by atoms with Crippen LogP contribution >= 0.6 is 0 Å². The molecule has 0 aromatic heterocycles. The lowest BCUT2D eigenvalue weighted by atomic mass is 9.47. The fourth-order valence-electron chi connectivity index (χ4n) is 5.45. The van der Waals surface area contributed by atoms with E-state index in [9.17, 15) is 9.59 Å². The van der Waals surface area contributed by atoms with E-state index in [0.717, 1.165) is 43.4 Å². The summed E-state index contributed by atoms with van der Waals surface area (Å²) in [5, 5.41) is 8.88. The van der Waals surface area contributed by atoms with Crippen molar-refractivity contribution in [2.24, 2.45) is 17.3 Å². The lowest BCUT2D eigenvalue weighted by Gasteiger charge is -2.59. The van der Waals surface area contributed by atoms with Crippen LogP contribution in [0.25, 0.3) is 0 Å². The molecule has 0 heterocycles. The second-order valence-electron chi connectivity index (χ2n) is 9.36. The zero-order valence-electron chi connectivity index (χ0n) is 18.9. The van der Waals surface area contributed by atoms with E-state index in [1.807, 2.05) is 42.5 Å². The van der Waals surface area contributed by atoms with E-state index in [-0.39, 0.29) is 23.9 Å². The predicted octanol–water partition coefficient (Wildman–Crippen LogP) is 3.66. The lowest BCUT2D eigenvalue weighted by molar-refractivity contribution is -0.133. The summed E-state index contributed by atoms with van der Waals surface area (Å²) in [5.74, 6) is 1.38. The fourth-order valence-corrected chi connectivity index (χ4v) is 5.45. The molecule has 4 rings (SSSR count). The highest BCUT2D eigenvalue weighted by atomic mass is 16.5. The van der Waals surface area contributed by atoms with Gasteiger partial charge in [0.05, 0.1) is 7.11 Å². The zero-order chi connectivity index (χ0) is 22.6. The van der Waals surface area contributed by atoms with Crippen molar-refractivity contribution in [1.82, 2.24) is 16.0 Å². The Morgan fingerprint density at radius 2 is 1.69 bits per heavy atom. The molecule has 3 amide bonds. The number of amides is 3. The standard InChI is InChI=1S/C26H33N3O3/c1-27-24(30)23(12-18-6-4-3-5-7-18)20-13-26(14-20)15-21(16-26)29-25(31)28-17-19-8-10-22(32-2)11-9-19/h3-11,20-21,23H,12-17H2,1-2H3,(H,27,30)(H2,28,29,31). The van der Waals surface area contributed by atoms with Crippen molar-refractivity contribution in [3.05, 3.63) is 65.7 Å². The SMILES string of the molecule is CNC(=O)C(Cc1ccccc1)C1CC2(CC(NC(=O)NCc3ccc(OC)cc3)C2)C1. The number of nitrogens with one attached hydrogen (secondary N) is 3. The molecule has 3 N–H and O–H groups in total. The van der Waals surface area contributed by atoms with Crippen molar-refractivity contribution in [2.45, 2.75) is 44.7 Å². The second-order valence-corrected chi connectivity index (χ2v) is 9.36. The number of urea groups is 1. The van der Waals surface area contributed by atoms with Gasteiger partial charge in [0.2, 0.25) is 5.91 Å². The molecule has 2 aromatic rings. The van der Waals surface area contributed by atoms with Crippen molar-refractivity contribution in [1.29, 1.82) is 0 Å². The molecule has 6 nitrogen and oxygen atoms in total. The van der Waals surface area contributed by atoms with Gasteiger partial charge in [-0.25, -0.2) is 4.79 Å². The van der Waals surface area contributed by atoms with E-state index in [4.69, 9.17) is 4.74 Å². The third-order valence-corrected chi connectivity index (χ3v) is 7.15. The van der Waals surface area contributed by atoms with E-state index >= 15 is 0 Å². The molecule has 0 bridgehead atoms. The number of carbonyl (C=O) groups is 2. The maximum absolute atomic E-state index is 12.5. The van der Waals surface area contributed by atoms with Crippen molar-refractivity contribution >= 4 is 11.9 Å². The van der Waals surface area contributed by atoms with Crippen LogP contribution in [0.4, 0.5) is 4.79 Å². The van der Waals surface area contributed by atoms with Gasteiger partial charge >= 0.3 is 6.03 Å². The van der Waals surface area contributed by atoms with Crippen molar-refractivity contribution < 1.29 is 14.3 Å². The van der Waals surface area contributed by atoms with E-state index in [0.29, 0.717) is 17.9 Å². The topological polar surface area (TPSA) is 79.5 Å². The normalized spacial score (nSPS) is 24.6. The summed E-state index contributed by atoms with van der Waals surface area (Å²) in [6, 6.07) is 18.0. The van der Waals surface area contributed by atoms with Gasteiger partial charge in [0, 0.05) is 25.6 Å². The van der Waals surface area contributed by atoms with Crippen molar-refractivity contribution in [3.63, 3.8) is 0 Å². The third-order valence-electron chi connectivity index (χ3n) is 7.15. The first-order chi connectivity index (χ1) is 15.5. The molecule has 2 aliphatic carbocycles. The Morgan fingerprint density at radius 1 is 1.00 bits per heavy atom. The van der Waals surface area contributed by atoms with Gasteiger partial charge in [0.15, 0.2) is 0 Å². The highest BCUT2D eigenvalue weighted by molar-refractivity contribution is 5.79. The Hall–Kier alpha value is -3.02. The Kier molecular flexibility index (Phi) is 6.68. The molecule has 1 spiro atoms. The van der Waals surface area contributed by atoms with Gasteiger partial charge in [-0.05, 0) is 66.7 Å². The van der Waals surface area contributed by atoms with Gasteiger partial charge in [-0.2, -0.15) is 0 Å². The third kappa shape index (κ3) is 5.06. The van der Waals surface area contributed by atoms with E-state index in [2.05, 4.69) is 28.1 Å². The summed E-state index contributed by atoms with van der Waals surface area (Å²) in [4.78, 5) is 24.8. The van der Waals surface area contributed by atoms with Crippen LogP contribution in [-0.2, 0) is 17.8 Å². The van der Waals surface area contributed by atoms with Gasteiger partial charge < -0.3 is 20.7 Å². The number of benzene rings is 2. The number of hydrogen-bond acceptors (Lipinski definition) is 3. The van der Waals surface area contributed by atoms with Gasteiger partial charge in [0.25, 0.3) is 0 Å². The zero-order valence-corrected chi connectivity index (χ0v) is 18.9. The molecule has 170 valence electrons. The minimum absolute atomic E-state index is 0.0211. The predicted molar refractivity (Wildman–Crippen MR) is 124 cm³/mol. The maximum Gasteiger partial charge on any atom is 0.315 e. The molecule has 2 aromatic carbocycles. The number of hydrogen-bond donors (Lipinski definition) is 3. The van der Waals surface area contributed by atoms with Gasteiger partial charge in [-0.3, -0.25) is 4.79 Å². The van der Waals surface area contributed by atoms with Crippen molar-refractivity contribution in [2.75, 3.05) is 14.2 Å². The average Bonchev–Trinajstić information content (AvgIpc) is 2.77. The summed E-state index contributed by atoms with van der Waals surface area (Å²) < 4.78 is 5.15. The Balaban J connectivity index is 1.20. The van der Waals surface area contributed by atoms with Gasteiger partial charge in [-0.1, -0.05) is 42.5 Å². The number of carbonyl (C=O) groups excluding carboxylic acids is 2. The average molecular weight is 436 g/mol. The molecule has 2 fully saturated rings. The minimum Gasteiger partial charge on any atom is -0.497 e. The molecule has 0 saturated heterocycles. The van der Waals surface area contributed by atoms with Crippen LogP contribution in [0.1, 0.15) is 36.8 Å². The molecular formula is C26H33N3O3. The minimum atomic E-state index is -0.121. The molecule has 1 unspecified atom stereocenters. The molecule has 2 aliphatic rings. The molecule has 2 saturated carbocycles. The fraction of sp³-hybridized carbons (Fsp3) is 0.462. The monoisotopic (exact) mass is 435 g/mol. The summed E-state index contributed by atoms with van der Waals surface area (Å²) in [5.41, 5.74) is 2.55. The van der Waals surface area contributed by atoms with Gasteiger partial charge in [0.1, 0.15) is 5.75 Å². The van der Waals surface area contributed by atoms with Gasteiger partial charge in [-0.15, -0.1) is 0 Å². The Morgan fingerprint density at radius 3 is 2.31 bits per heavy atom. The van der Waals surface area contributed by atoms with Crippen LogP contribution in [0.15, 0.2) is 54.6 Å². The molecule has 32 heavy (non-hydrogen) atoms. The highest BCUT2D eigenvalue weighted by Crippen LogP contribution is 2.60. The van der Waals surface area contributed by atoms with Crippen molar-refractivity contribution in [3.8, 4) is 5.75 Å². The Labute approximate surface area is 190 Å². The second kappa shape index (κ2) is 9.63. The molecule has 1 atom stereocenters.